The van der Waals surface area contributed by atoms with Gasteiger partial charge in [0.15, 0.2) is 0 Å². The Morgan fingerprint density at radius 1 is 1.21 bits per heavy atom. The van der Waals surface area contributed by atoms with Gasteiger partial charge in [0.2, 0.25) is 0 Å². The van der Waals surface area contributed by atoms with Gasteiger partial charge in [-0.15, -0.1) is 11.8 Å². The molecule has 0 spiro atoms. The van der Waals surface area contributed by atoms with Crippen LogP contribution in [0.2, 0.25) is 0 Å². The van der Waals surface area contributed by atoms with Crippen LogP contribution in [-0.2, 0) is 0 Å². The highest BCUT2D eigenvalue weighted by atomic mass is 79.9. The van der Waals surface area contributed by atoms with Crippen molar-refractivity contribution in [2.24, 2.45) is 0 Å². The Kier molecular flexibility index (Phi) is 5.22. The van der Waals surface area contributed by atoms with Crippen LogP contribution >= 0.6 is 27.7 Å². The van der Waals surface area contributed by atoms with E-state index in [9.17, 15) is 0 Å². The molecular weight excluding hydrogens is 324 g/mol. The highest BCUT2D eigenvalue weighted by Crippen LogP contribution is 2.44. The van der Waals surface area contributed by atoms with Crippen molar-refractivity contribution < 1.29 is 9.47 Å². The van der Waals surface area contributed by atoms with Crippen LogP contribution in [0.4, 0.5) is 0 Å². The number of allylic oxidation sites excluding steroid dienone is 2. The molecule has 1 atom stereocenters. The molecule has 0 radical (unpaired) electrons. The maximum Gasteiger partial charge on any atom is 0.127 e. The standard InChI is InChI=1S/C15H19BrO2S/c1-17-13-8-11(16)9-14(18-2)15(13)10-5-4-6-12(7-10)19-3/h7-10H,4-6H2,1-3H3. The van der Waals surface area contributed by atoms with Gasteiger partial charge in [0.05, 0.1) is 14.2 Å². The fourth-order valence-electron chi connectivity index (χ4n) is 2.56. The van der Waals surface area contributed by atoms with Gasteiger partial charge >= 0.3 is 0 Å². The van der Waals surface area contributed by atoms with E-state index in [1.165, 1.54) is 23.3 Å². The fraction of sp³-hybridized carbons (Fsp3) is 0.467. The minimum Gasteiger partial charge on any atom is -0.496 e. The van der Waals surface area contributed by atoms with Gasteiger partial charge < -0.3 is 9.47 Å². The van der Waals surface area contributed by atoms with E-state index in [0.717, 1.165) is 22.4 Å². The topological polar surface area (TPSA) is 18.5 Å². The monoisotopic (exact) mass is 342 g/mol. The Morgan fingerprint density at radius 2 is 1.84 bits per heavy atom. The van der Waals surface area contributed by atoms with Crippen LogP contribution in [0, 0.1) is 0 Å². The van der Waals surface area contributed by atoms with Crippen LogP contribution in [-0.4, -0.2) is 20.5 Å². The second-order valence-electron chi connectivity index (χ2n) is 4.56. The summed E-state index contributed by atoms with van der Waals surface area (Å²) in [6.45, 7) is 0. The molecule has 0 fully saturated rings. The number of rotatable bonds is 4. The molecular formula is C15H19BrO2S. The van der Waals surface area contributed by atoms with E-state index in [2.05, 4.69) is 28.3 Å². The molecule has 0 N–H and O–H groups in total. The number of hydrogen-bond donors (Lipinski definition) is 0. The van der Waals surface area contributed by atoms with Gasteiger partial charge in [-0.3, -0.25) is 0 Å². The molecule has 1 unspecified atom stereocenters. The zero-order chi connectivity index (χ0) is 13.8. The average molecular weight is 343 g/mol. The van der Waals surface area contributed by atoms with E-state index in [-0.39, 0.29) is 0 Å². The number of hydrogen-bond acceptors (Lipinski definition) is 3. The Hall–Kier alpha value is -0.610. The average Bonchev–Trinajstić information content (AvgIpc) is 2.46. The first-order valence-electron chi connectivity index (χ1n) is 6.35. The Balaban J connectivity index is 2.48. The van der Waals surface area contributed by atoms with Crippen LogP contribution < -0.4 is 9.47 Å². The van der Waals surface area contributed by atoms with Crippen molar-refractivity contribution >= 4 is 27.7 Å². The third kappa shape index (κ3) is 3.29. The summed E-state index contributed by atoms with van der Waals surface area (Å²) >= 11 is 5.34. The SMILES string of the molecule is COc1cc(Br)cc(OC)c1C1C=C(SC)CCC1. The Bertz CT molecular complexity index is 460. The van der Waals surface area contributed by atoms with E-state index in [1.807, 2.05) is 23.9 Å². The molecule has 0 aromatic heterocycles. The highest BCUT2D eigenvalue weighted by Gasteiger charge is 2.23. The van der Waals surface area contributed by atoms with Gasteiger partial charge in [-0.2, -0.15) is 0 Å². The number of benzene rings is 1. The summed E-state index contributed by atoms with van der Waals surface area (Å²) in [7, 11) is 3.43. The van der Waals surface area contributed by atoms with E-state index in [0.29, 0.717) is 5.92 Å². The molecule has 104 valence electrons. The molecule has 0 heterocycles. The first kappa shape index (κ1) is 14.8. The molecule has 0 saturated carbocycles. The van der Waals surface area contributed by atoms with Crippen molar-refractivity contribution in [3.05, 3.63) is 33.2 Å². The number of methoxy groups -OCH3 is 2. The first-order chi connectivity index (χ1) is 9.19. The maximum absolute atomic E-state index is 5.54. The maximum atomic E-state index is 5.54. The smallest absolute Gasteiger partial charge is 0.127 e. The molecule has 0 amide bonds. The molecule has 2 nitrogen and oxygen atoms in total. The Morgan fingerprint density at radius 3 is 2.37 bits per heavy atom. The third-order valence-corrected chi connectivity index (χ3v) is 4.79. The summed E-state index contributed by atoms with van der Waals surface area (Å²) in [6.07, 6.45) is 8.07. The molecule has 0 bridgehead atoms. The summed E-state index contributed by atoms with van der Waals surface area (Å²) in [4.78, 5) is 1.46. The lowest BCUT2D eigenvalue weighted by Gasteiger charge is -2.24. The Labute approximate surface area is 127 Å². The second kappa shape index (κ2) is 6.71. The molecule has 0 saturated heterocycles. The van der Waals surface area contributed by atoms with Gasteiger partial charge in [0.1, 0.15) is 11.5 Å². The van der Waals surface area contributed by atoms with Crippen molar-refractivity contribution in [2.45, 2.75) is 25.2 Å². The van der Waals surface area contributed by atoms with Crippen LogP contribution in [0.5, 0.6) is 11.5 Å². The second-order valence-corrected chi connectivity index (χ2v) is 6.41. The lowest BCUT2D eigenvalue weighted by molar-refractivity contribution is 0.379. The highest BCUT2D eigenvalue weighted by molar-refractivity contribution is 9.10. The predicted molar refractivity (Wildman–Crippen MR) is 85.4 cm³/mol. The van der Waals surface area contributed by atoms with Crippen LogP contribution in [0.3, 0.4) is 0 Å². The van der Waals surface area contributed by atoms with E-state index >= 15 is 0 Å². The lowest BCUT2D eigenvalue weighted by Crippen LogP contribution is -2.06. The summed E-state index contributed by atoms with van der Waals surface area (Å²) in [5.74, 6) is 2.18. The molecule has 1 aliphatic carbocycles. The number of halogens is 1. The quantitative estimate of drug-likeness (QED) is 0.768. The van der Waals surface area contributed by atoms with Crippen LogP contribution in [0.25, 0.3) is 0 Å². The molecule has 1 aromatic rings. The molecule has 1 aliphatic rings. The van der Waals surface area contributed by atoms with Gasteiger partial charge in [0, 0.05) is 16.0 Å². The van der Waals surface area contributed by atoms with E-state index in [4.69, 9.17) is 9.47 Å². The number of thioether (sulfide) groups is 1. The van der Waals surface area contributed by atoms with Crippen molar-refractivity contribution in [3.63, 3.8) is 0 Å². The molecule has 1 aromatic carbocycles. The first-order valence-corrected chi connectivity index (χ1v) is 8.37. The fourth-order valence-corrected chi connectivity index (χ4v) is 3.62. The van der Waals surface area contributed by atoms with Gasteiger partial charge in [0.25, 0.3) is 0 Å². The van der Waals surface area contributed by atoms with Gasteiger partial charge in [-0.25, -0.2) is 0 Å². The third-order valence-electron chi connectivity index (χ3n) is 3.47. The molecule has 2 rings (SSSR count). The van der Waals surface area contributed by atoms with Crippen LogP contribution in [0.15, 0.2) is 27.6 Å². The minimum absolute atomic E-state index is 0.384. The molecule has 19 heavy (non-hydrogen) atoms. The predicted octanol–water partition coefficient (Wildman–Crippen LogP) is 4.98. The van der Waals surface area contributed by atoms with Gasteiger partial charge in [-0.05, 0) is 42.6 Å². The zero-order valence-electron chi connectivity index (χ0n) is 11.5. The van der Waals surface area contributed by atoms with E-state index < -0.39 is 0 Å². The summed E-state index contributed by atoms with van der Waals surface area (Å²) in [6, 6.07) is 4.03. The normalized spacial score (nSPS) is 18.9. The zero-order valence-corrected chi connectivity index (χ0v) is 13.9. The van der Waals surface area contributed by atoms with Crippen molar-refractivity contribution in [1.82, 2.24) is 0 Å². The summed E-state index contributed by atoms with van der Waals surface area (Å²) in [5, 5.41) is 0. The van der Waals surface area contributed by atoms with Crippen LogP contribution in [0.1, 0.15) is 30.7 Å². The van der Waals surface area contributed by atoms with Crippen molar-refractivity contribution in [2.75, 3.05) is 20.5 Å². The van der Waals surface area contributed by atoms with E-state index in [1.54, 1.807) is 14.2 Å². The summed E-state index contributed by atoms with van der Waals surface area (Å²) in [5.41, 5.74) is 1.17. The lowest BCUT2D eigenvalue weighted by atomic mass is 9.88. The number of ether oxygens (including phenoxy) is 2. The summed E-state index contributed by atoms with van der Waals surface area (Å²) < 4.78 is 12.1. The van der Waals surface area contributed by atoms with Gasteiger partial charge in [-0.1, -0.05) is 22.0 Å². The minimum atomic E-state index is 0.384. The van der Waals surface area contributed by atoms with Crippen molar-refractivity contribution in [3.8, 4) is 11.5 Å². The molecule has 0 aliphatic heterocycles. The molecule has 4 heteroatoms. The largest absolute Gasteiger partial charge is 0.496 e. The van der Waals surface area contributed by atoms with Crippen molar-refractivity contribution in [1.29, 1.82) is 0 Å².